The molecule has 0 heterocycles. The summed E-state index contributed by atoms with van der Waals surface area (Å²) in [5.41, 5.74) is 0. The van der Waals surface area contributed by atoms with Gasteiger partial charge in [-0.3, -0.25) is 4.79 Å². The summed E-state index contributed by atoms with van der Waals surface area (Å²) in [4.78, 5) is 10.8. The maximum atomic E-state index is 10.8. The lowest BCUT2D eigenvalue weighted by Crippen LogP contribution is -2.30. The molecule has 0 aromatic heterocycles. The number of aliphatic hydroxyl groups is 1. The molecular weight excluding hydrogens is 206 g/mol. The topological polar surface area (TPSA) is 58.6 Å². The van der Waals surface area contributed by atoms with Gasteiger partial charge in [0.15, 0.2) is 0 Å². The minimum Gasteiger partial charge on any atom is -0.469 e. The van der Waals surface area contributed by atoms with Gasteiger partial charge in [0, 0.05) is 13.0 Å². The molecular formula is C12H23NO3. The molecule has 1 atom stereocenters. The third-order valence-electron chi connectivity index (χ3n) is 3.20. The van der Waals surface area contributed by atoms with Gasteiger partial charge in [-0.1, -0.05) is 12.8 Å². The number of carbonyl (C=O) groups excluding carboxylic acids is 1. The SMILES string of the molecule is COC(=O)CCC(O)CNCC1CCCC1. The van der Waals surface area contributed by atoms with Crippen LogP contribution in [-0.4, -0.2) is 37.4 Å². The van der Waals surface area contributed by atoms with Crippen molar-refractivity contribution < 1.29 is 14.6 Å². The normalized spacial score (nSPS) is 18.6. The smallest absolute Gasteiger partial charge is 0.305 e. The molecule has 1 saturated carbocycles. The molecule has 0 aromatic rings. The van der Waals surface area contributed by atoms with E-state index in [1.54, 1.807) is 0 Å². The lowest BCUT2D eigenvalue weighted by atomic mass is 10.1. The Morgan fingerprint density at radius 3 is 2.81 bits per heavy atom. The Hall–Kier alpha value is -0.610. The Bertz CT molecular complexity index is 202. The van der Waals surface area contributed by atoms with Gasteiger partial charge in [0.2, 0.25) is 0 Å². The molecule has 1 aliphatic rings. The molecule has 0 saturated heterocycles. The summed E-state index contributed by atoms with van der Waals surface area (Å²) < 4.78 is 4.52. The first-order valence-corrected chi connectivity index (χ1v) is 6.18. The fourth-order valence-electron chi connectivity index (χ4n) is 2.16. The van der Waals surface area contributed by atoms with Crippen LogP contribution in [0.15, 0.2) is 0 Å². The zero-order valence-electron chi connectivity index (χ0n) is 10.1. The highest BCUT2D eigenvalue weighted by atomic mass is 16.5. The van der Waals surface area contributed by atoms with Crippen LogP contribution in [0.25, 0.3) is 0 Å². The fourth-order valence-corrected chi connectivity index (χ4v) is 2.16. The summed E-state index contributed by atoms with van der Waals surface area (Å²) in [7, 11) is 1.37. The predicted molar refractivity (Wildman–Crippen MR) is 62.1 cm³/mol. The molecule has 1 unspecified atom stereocenters. The molecule has 2 N–H and O–H groups in total. The van der Waals surface area contributed by atoms with Crippen LogP contribution in [0.2, 0.25) is 0 Å². The van der Waals surface area contributed by atoms with Crippen LogP contribution in [0, 0.1) is 5.92 Å². The average Bonchev–Trinajstić information content (AvgIpc) is 2.79. The molecule has 94 valence electrons. The van der Waals surface area contributed by atoms with Gasteiger partial charge in [-0.2, -0.15) is 0 Å². The van der Waals surface area contributed by atoms with Crippen molar-refractivity contribution in [1.82, 2.24) is 5.32 Å². The van der Waals surface area contributed by atoms with Crippen molar-refractivity contribution in [2.24, 2.45) is 5.92 Å². The fraction of sp³-hybridized carbons (Fsp3) is 0.917. The van der Waals surface area contributed by atoms with Crippen LogP contribution in [0.1, 0.15) is 38.5 Å². The summed E-state index contributed by atoms with van der Waals surface area (Å²) in [6.45, 7) is 1.57. The lowest BCUT2D eigenvalue weighted by molar-refractivity contribution is -0.141. The molecule has 16 heavy (non-hydrogen) atoms. The van der Waals surface area contributed by atoms with Crippen LogP contribution >= 0.6 is 0 Å². The van der Waals surface area contributed by atoms with Gasteiger partial charge in [0.1, 0.15) is 0 Å². The van der Waals surface area contributed by atoms with Gasteiger partial charge < -0.3 is 15.2 Å². The summed E-state index contributed by atoms with van der Waals surface area (Å²) in [6, 6.07) is 0. The van der Waals surface area contributed by atoms with Crippen molar-refractivity contribution in [3.63, 3.8) is 0 Å². The number of hydrogen-bond donors (Lipinski definition) is 2. The maximum absolute atomic E-state index is 10.8. The summed E-state index contributed by atoms with van der Waals surface area (Å²) in [5.74, 6) is 0.530. The largest absolute Gasteiger partial charge is 0.469 e. The Labute approximate surface area is 97.4 Å². The number of carbonyl (C=O) groups is 1. The number of nitrogens with one attached hydrogen (secondary N) is 1. The number of rotatable bonds is 7. The molecule has 0 bridgehead atoms. The van der Waals surface area contributed by atoms with E-state index < -0.39 is 6.10 Å². The number of methoxy groups -OCH3 is 1. The molecule has 0 amide bonds. The zero-order chi connectivity index (χ0) is 11.8. The number of hydrogen-bond acceptors (Lipinski definition) is 4. The van der Waals surface area contributed by atoms with Gasteiger partial charge in [0.05, 0.1) is 13.2 Å². The second-order valence-electron chi connectivity index (χ2n) is 4.58. The van der Waals surface area contributed by atoms with E-state index in [1.807, 2.05) is 0 Å². The summed E-state index contributed by atoms with van der Waals surface area (Å²) in [6.07, 6.45) is 5.64. The quantitative estimate of drug-likeness (QED) is 0.641. The van der Waals surface area contributed by atoms with E-state index in [1.165, 1.54) is 32.8 Å². The van der Waals surface area contributed by atoms with Gasteiger partial charge in [0.25, 0.3) is 0 Å². The monoisotopic (exact) mass is 229 g/mol. The van der Waals surface area contributed by atoms with E-state index >= 15 is 0 Å². The minimum atomic E-state index is -0.444. The highest BCUT2D eigenvalue weighted by Crippen LogP contribution is 2.23. The molecule has 4 nitrogen and oxygen atoms in total. The third kappa shape index (κ3) is 5.47. The van der Waals surface area contributed by atoms with Crippen molar-refractivity contribution in [1.29, 1.82) is 0 Å². The first kappa shape index (κ1) is 13.5. The summed E-state index contributed by atoms with van der Waals surface area (Å²) >= 11 is 0. The van der Waals surface area contributed by atoms with Crippen molar-refractivity contribution in [3.8, 4) is 0 Å². The molecule has 4 heteroatoms. The van der Waals surface area contributed by atoms with Crippen LogP contribution in [0.3, 0.4) is 0 Å². The minimum absolute atomic E-state index is 0.255. The first-order valence-electron chi connectivity index (χ1n) is 6.18. The van der Waals surface area contributed by atoms with E-state index in [4.69, 9.17) is 0 Å². The van der Waals surface area contributed by atoms with Crippen LogP contribution in [0.5, 0.6) is 0 Å². The maximum Gasteiger partial charge on any atom is 0.305 e. The van der Waals surface area contributed by atoms with Crippen molar-refractivity contribution >= 4 is 5.97 Å². The molecule has 0 aromatic carbocycles. The van der Waals surface area contributed by atoms with Crippen LogP contribution < -0.4 is 5.32 Å². The number of ether oxygens (including phenoxy) is 1. The molecule has 1 rings (SSSR count). The van der Waals surface area contributed by atoms with Crippen LogP contribution in [-0.2, 0) is 9.53 Å². The van der Waals surface area contributed by atoms with Crippen molar-refractivity contribution in [2.75, 3.05) is 20.2 Å². The zero-order valence-corrected chi connectivity index (χ0v) is 10.1. The van der Waals surface area contributed by atoms with Crippen molar-refractivity contribution in [2.45, 2.75) is 44.6 Å². The second-order valence-corrected chi connectivity index (χ2v) is 4.58. The van der Waals surface area contributed by atoms with Gasteiger partial charge in [-0.25, -0.2) is 0 Å². The Morgan fingerprint density at radius 1 is 1.50 bits per heavy atom. The van der Waals surface area contributed by atoms with E-state index in [0.717, 1.165) is 12.5 Å². The standard InChI is InChI=1S/C12H23NO3/c1-16-12(15)7-6-11(14)9-13-8-10-4-2-3-5-10/h10-11,13-14H,2-9H2,1H3. The third-order valence-corrected chi connectivity index (χ3v) is 3.20. The van der Waals surface area contributed by atoms with Crippen molar-refractivity contribution in [3.05, 3.63) is 0 Å². The Kier molecular flexibility index (Phi) is 6.42. The first-order chi connectivity index (χ1) is 7.72. The molecule has 1 aliphatic carbocycles. The van der Waals surface area contributed by atoms with E-state index in [9.17, 15) is 9.90 Å². The molecule has 0 aliphatic heterocycles. The van der Waals surface area contributed by atoms with E-state index in [-0.39, 0.29) is 5.97 Å². The molecule has 0 radical (unpaired) electrons. The van der Waals surface area contributed by atoms with Crippen LogP contribution in [0.4, 0.5) is 0 Å². The lowest BCUT2D eigenvalue weighted by Gasteiger charge is -2.14. The van der Waals surface area contributed by atoms with Gasteiger partial charge in [-0.05, 0) is 31.7 Å². The number of esters is 1. The van der Waals surface area contributed by atoms with Gasteiger partial charge in [-0.15, -0.1) is 0 Å². The Balaban J connectivity index is 1.96. The van der Waals surface area contributed by atoms with E-state index in [2.05, 4.69) is 10.1 Å². The van der Waals surface area contributed by atoms with Gasteiger partial charge >= 0.3 is 5.97 Å². The second kappa shape index (κ2) is 7.63. The Morgan fingerprint density at radius 2 is 2.19 bits per heavy atom. The van der Waals surface area contributed by atoms with E-state index in [0.29, 0.717) is 19.4 Å². The highest BCUT2D eigenvalue weighted by Gasteiger charge is 2.15. The predicted octanol–water partition coefficient (Wildman–Crippen LogP) is 1.08. The molecule has 0 spiro atoms. The average molecular weight is 229 g/mol. The molecule has 1 fully saturated rings. The highest BCUT2D eigenvalue weighted by molar-refractivity contribution is 5.69. The number of aliphatic hydroxyl groups excluding tert-OH is 1. The summed E-state index contributed by atoms with van der Waals surface area (Å²) in [5, 5.41) is 12.9.